The molecule has 0 aromatic heterocycles. The van der Waals surface area contributed by atoms with Gasteiger partial charge in [-0.25, -0.2) is 8.78 Å². The molecule has 0 spiro atoms. The van der Waals surface area contributed by atoms with E-state index in [-0.39, 0.29) is 29.8 Å². The minimum atomic E-state index is -1.21. The van der Waals surface area contributed by atoms with Gasteiger partial charge in [0.1, 0.15) is 6.04 Å². The van der Waals surface area contributed by atoms with Gasteiger partial charge in [-0.05, 0) is 30.9 Å². The largest absolute Gasteiger partial charge is 0.347 e. The zero-order chi connectivity index (χ0) is 19.0. The third-order valence-electron chi connectivity index (χ3n) is 5.05. The lowest BCUT2D eigenvalue weighted by molar-refractivity contribution is -0.148. The second-order valence-corrected chi connectivity index (χ2v) is 7.01. The molecule has 2 bridgehead atoms. The first-order valence-electron chi connectivity index (χ1n) is 8.53. The summed E-state index contributed by atoms with van der Waals surface area (Å²) < 4.78 is 27.4. The predicted molar refractivity (Wildman–Crippen MR) is 89.2 cm³/mol. The molecule has 2 aliphatic rings. The minimum absolute atomic E-state index is 0.0464. The van der Waals surface area contributed by atoms with Crippen LogP contribution in [-0.4, -0.2) is 72.2 Å². The van der Waals surface area contributed by atoms with Crippen LogP contribution < -0.4 is 0 Å². The van der Waals surface area contributed by atoms with E-state index >= 15 is 0 Å². The van der Waals surface area contributed by atoms with Gasteiger partial charge < -0.3 is 14.7 Å². The number of nitrogens with zero attached hydrogens (tertiary/aromatic N) is 3. The van der Waals surface area contributed by atoms with Crippen LogP contribution in [0.5, 0.6) is 0 Å². The molecular weight excluding hydrogens is 344 g/mol. The van der Waals surface area contributed by atoms with Crippen molar-refractivity contribution in [2.45, 2.75) is 18.9 Å². The third kappa shape index (κ3) is 3.27. The molecule has 8 heteroatoms. The van der Waals surface area contributed by atoms with Crippen LogP contribution in [0.1, 0.15) is 23.2 Å². The summed E-state index contributed by atoms with van der Waals surface area (Å²) in [5.41, 5.74) is -0.377. The number of carbonyl (C=O) groups excluding carboxylic acids is 3. The van der Waals surface area contributed by atoms with Crippen molar-refractivity contribution < 1.29 is 23.2 Å². The van der Waals surface area contributed by atoms with E-state index < -0.39 is 23.6 Å². The van der Waals surface area contributed by atoms with Gasteiger partial charge in [-0.15, -0.1) is 0 Å². The van der Waals surface area contributed by atoms with Gasteiger partial charge in [-0.2, -0.15) is 0 Å². The van der Waals surface area contributed by atoms with Crippen molar-refractivity contribution in [3.63, 3.8) is 0 Å². The Bertz CT molecular complexity index is 753. The fourth-order valence-corrected chi connectivity index (χ4v) is 3.56. The Balaban J connectivity index is 1.82. The van der Waals surface area contributed by atoms with Crippen molar-refractivity contribution in [3.8, 4) is 0 Å². The zero-order valence-corrected chi connectivity index (χ0v) is 14.7. The van der Waals surface area contributed by atoms with Crippen LogP contribution in [0, 0.1) is 17.6 Å². The van der Waals surface area contributed by atoms with Gasteiger partial charge in [0.05, 0.1) is 12.1 Å². The smallest absolute Gasteiger partial charge is 0.257 e. The number of fused-ring (bicyclic) bond motifs is 2. The molecule has 3 rings (SSSR count). The second-order valence-electron chi connectivity index (χ2n) is 7.01. The number of hydrogen-bond acceptors (Lipinski definition) is 3. The maximum absolute atomic E-state index is 14.0. The van der Waals surface area contributed by atoms with Crippen LogP contribution in [0.3, 0.4) is 0 Å². The Morgan fingerprint density at radius 3 is 2.69 bits per heavy atom. The molecule has 6 nitrogen and oxygen atoms in total. The highest BCUT2D eigenvalue weighted by Crippen LogP contribution is 2.31. The molecule has 1 aromatic carbocycles. The summed E-state index contributed by atoms with van der Waals surface area (Å²) >= 11 is 0. The van der Waals surface area contributed by atoms with Crippen LogP contribution in [-0.2, 0) is 9.59 Å². The Labute approximate surface area is 150 Å². The van der Waals surface area contributed by atoms with Gasteiger partial charge in [0.15, 0.2) is 11.6 Å². The SMILES string of the molecule is CN(C)C(=O)CN1C[C@H]2CCN(C(=O)c3cccc(F)c3F)[C@H](C2)C1=O. The highest BCUT2D eigenvalue weighted by molar-refractivity contribution is 5.98. The molecule has 2 saturated heterocycles. The summed E-state index contributed by atoms with van der Waals surface area (Å²) in [6.07, 6.45) is 1.13. The monoisotopic (exact) mass is 365 g/mol. The zero-order valence-electron chi connectivity index (χ0n) is 14.7. The summed E-state index contributed by atoms with van der Waals surface area (Å²) in [4.78, 5) is 41.6. The Hall–Kier alpha value is -2.51. The molecule has 3 amide bonds. The predicted octanol–water partition coefficient (Wildman–Crippen LogP) is 1.12. The van der Waals surface area contributed by atoms with E-state index in [1.54, 1.807) is 14.1 Å². The van der Waals surface area contributed by atoms with E-state index in [4.69, 9.17) is 0 Å². The molecule has 0 radical (unpaired) electrons. The van der Waals surface area contributed by atoms with Crippen molar-refractivity contribution in [1.82, 2.24) is 14.7 Å². The van der Waals surface area contributed by atoms with Gasteiger partial charge in [-0.1, -0.05) is 6.07 Å². The number of carbonyl (C=O) groups is 3. The van der Waals surface area contributed by atoms with Crippen LogP contribution in [0.15, 0.2) is 18.2 Å². The van der Waals surface area contributed by atoms with Gasteiger partial charge in [0.2, 0.25) is 11.8 Å². The molecule has 2 atom stereocenters. The lowest BCUT2D eigenvalue weighted by Crippen LogP contribution is -2.61. The van der Waals surface area contributed by atoms with Gasteiger partial charge in [0, 0.05) is 27.2 Å². The topological polar surface area (TPSA) is 60.9 Å². The fraction of sp³-hybridized carbons (Fsp3) is 0.500. The molecule has 140 valence electrons. The third-order valence-corrected chi connectivity index (χ3v) is 5.05. The Kier molecular flexibility index (Phi) is 4.93. The highest BCUT2D eigenvalue weighted by Gasteiger charge is 2.44. The van der Waals surface area contributed by atoms with Crippen LogP contribution in [0.2, 0.25) is 0 Å². The average Bonchev–Trinajstić information content (AvgIpc) is 2.61. The number of likely N-dealkylation sites (N-methyl/N-ethyl adjacent to an activating group) is 1. The summed E-state index contributed by atoms with van der Waals surface area (Å²) in [5, 5.41) is 0. The first-order valence-corrected chi connectivity index (χ1v) is 8.53. The van der Waals surface area contributed by atoms with E-state index in [1.807, 2.05) is 0 Å². The van der Waals surface area contributed by atoms with E-state index in [9.17, 15) is 23.2 Å². The number of hydrogen-bond donors (Lipinski definition) is 0. The van der Waals surface area contributed by atoms with Crippen molar-refractivity contribution in [3.05, 3.63) is 35.4 Å². The normalized spacial score (nSPS) is 22.4. The molecule has 2 heterocycles. The summed E-state index contributed by atoms with van der Waals surface area (Å²) in [5.74, 6) is -3.33. The van der Waals surface area contributed by atoms with E-state index in [2.05, 4.69) is 0 Å². The maximum atomic E-state index is 14.0. The number of likely N-dealkylation sites (tertiary alicyclic amines) is 2. The number of piperidine rings is 2. The first-order chi connectivity index (χ1) is 12.3. The number of halogens is 2. The van der Waals surface area contributed by atoms with Crippen molar-refractivity contribution >= 4 is 17.7 Å². The lowest BCUT2D eigenvalue weighted by atomic mass is 9.85. The Morgan fingerprint density at radius 1 is 1.27 bits per heavy atom. The van der Waals surface area contributed by atoms with Gasteiger partial charge in [0.25, 0.3) is 5.91 Å². The standard InChI is InChI=1S/C18H21F2N3O3/c1-21(2)15(24)10-22-9-11-6-7-23(14(8-11)18(22)26)17(25)12-4-3-5-13(19)16(12)20/h3-5,11,14H,6-10H2,1-2H3/t11-,14+/m0/s1. The number of benzene rings is 1. The van der Waals surface area contributed by atoms with Crippen molar-refractivity contribution in [2.75, 3.05) is 33.7 Å². The first kappa shape index (κ1) is 18.3. The maximum Gasteiger partial charge on any atom is 0.257 e. The van der Waals surface area contributed by atoms with Crippen LogP contribution in [0.25, 0.3) is 0 Å². The molecule has 0 aliphatic carbocycles. The quantitative estimate of drug-likeness (QED) is 0.806. The second kappa shape index (κ2) is 7.01. The fourth-order valence-electron chi connectivity index (χ4n) is 3.56. The molecule has 2 fully saturated rings. The van der Waals surface area contributed by atoms with E-state index in [0.29, 0.717) is 25.9 Å². The molecule has 26 heavy (non-hydrogen) atoms. The van der Waals surface area contributed by atoms with Crippen molar-refractivity contribution in [1.29, 1.82) is 0 Å². The van der Waals surface area contributed by atoms with Gasteiger partial charge >= 0.3 is 0 Å². The number of rotatable bonds is 3. The van der Waals surface area contributed by atoms with Crippen LogP contribution in [0.4, 0.5) is 8.78 Å². The van der Waals surface area contributed by atoms with E-state index in [1.165, 1.54) is 26.8 Å². The molecule has 0 N–H and O–H groups in total. The summed E-state index contributed by atoms with van der Waals surface area (Å²) in [6, 6.07) is 2.68. The van der Waals surface area contributed by atoms with Crippen LogP contribution >= 0.6 is 0 Å². The molecule has 0 saturated carbocycles. The Morgan fingerprint density at radius 2 is 2.00 bits per heavy atom. The average molecular weight is 365 g/mol. The molecular formula is C18H21F2N3O3. The van der Waals surface area contributed by atoms with E-state index in [0.717, 1.165) is 6.07 Å². The highest BCUT2D eigenvalue weighted by atomic mass is 19.2. The molecule has 1 aromatic rings. The number of amides is 3. The lowest BCUT2D eigenvalue weighted by Gasteiger charge is -2.46. The molecule has 0 unspecified atom stereocenters. The van der Waals surface area contributed by atoms with Gasteiger partial charge in [-0.3, -0.25) is 14.4 Å². The summed E-state index contributed by atoms with van der Waals surface area (Å²) in [7, 11) is 3.22. The van der Waals surface area contributed by atoms with Crippen molar-refractivity contribution in [2.24, 2.45) is 5.92 Å². The minimum Gasteiger partial charge on any atom is -0.347 e. The summed E-state index contributed by atoms with van der Waals surface area (Å²) in [6.45, 7) is 0.742. The molecule has 2 aliphatic heterocycles.